The van der Waals surface area contributed by atoms with Gasteiger partial charge in [-0.1, -0.05) is 6.42 Å². The maximum absolute atomic E-state index is 11.4. The van der Waals surface area contributed by atoms with Crippen LogP contribution in [0.3, 0.4) is 0 Å². The van der Waals surface area contributed by atoms with E-state index in [1.54, 1.807) is 0 Å². The highest BCUT2D eigenvalue weighted by Gasteiger charge is 2.28. The van der Waals surface area contributed by atoms with Gasteiger partial charge in [0.1, 0.15) is 0 Å². The van der Waals surface area contributed by atoms with Gasteiger partial charge in [0.05, 0.1) is 6.61 Å². The van der Waals surface area contributed by atoms with E-state index < -0.39 is 12.0 Å². The monoisotopic (exact) mass is 201 g/mol. The van der Waals surface area contributed by atoms with Crippen LogP contribution in [0.5, 0.6) is 0 Å². The topological polar surface area (TPSA) is 75.6 Å². The van der Waals surface area contributed by atoms with E-state index in [2.05, 4.69) is 5.32 Å². The van der Waals surface area contributed by atoms with Crippen LogP contribution in [0.15, 0.2) is 0 Å². The maximum atomic E-state index is 11.4. The van der Waals surface area contributed by atoms with E-state index in [1.165, 1.54) is 7.11 Å². The lowest BCUT2D eigenvalue weighted by molar-refractivity contribution is -0.144. The van der Waals surface area contributed by atoms with Crippen molar-refractivity contribution in [1.29, 1.82) is 0 Å². The van der Waals surface area contributed by atoms with Crippen LogP contribution in [0.2, 0.25) is 0 Å². The fourth-order valence-corrected chi connectivity index (χ4v) is 1.30. The molecule has 1 aliphatic carbocycles. The second-order valence-corrected chi connectivity index (χ2v) is 3.48. The van der Waals surface area contributed by atoms with Crippen LogP contribution in [-0.4, -0.2) is 36.7 Å². The highest BCUT2D eigenvalue weighted by molar-refractivity contribution is 5.85. The molecule has 0 aliphatic heterocycles. The summed E-state index contributed by atoms with van der Waals surface area (Å²) in [5.41, 5.74) is 0. The number of carbonyl (C=O) groups excluding carboxylic acids is 1. The van der Waals surface area contributed by atoms with Gasteiger partial charge in [-0.2, -0.15) is 0 Å². The number of ether oxygens (including phenoxy) is 1. The molecule has 1 atom stereocenters. The average Bonchev–Trinajstić information content (AvgIpc) is 1.99. The Morgan fingerprint density at radius 1 is 1.57 bits per heavy atom. The first-order chi connectivity index (χ1) is 6.65. The molecule has 0 spiro atoms. The summed E-state index contributed by atoms with van der Waals surface area (Å²) in [5, 5.41) is 11.2. The average molecular weight is 201 g/mol. The molecule has 5 heteroatoms. The third-order valence-electron chi connectivity index (χ3n) is 2.42. The van der Waals surface area contributed by atoms with Gasteiger partial charge in [-0.15, -0.1) is 0 Å². The van der Waals surface area contributed by atoms with Crippen LogP contribution in [0, 0.1) is 5.92 Å². The van der Waals surface area contributed by atoms with Crippen LogP contribution in [0.4, 0.5) is 0 Å². The van der Waals surface area contributed by atoms with Crippen molar-refractivity contribution in [3.63, 3.8) is 0 Å². The first-order valence-electron chi connectivity index (χ1n) is 4.67. The van der Waals surface area contributed by atoms with Crippen molar-refractivity contribution in [2.45, 2.75) is 25.3 Å². The number of aliphatic carboxylic acids is 1. The summed E-state index contributed by atoms with van der Waals surface area (Å²) in [6.45, 7) is 0.00773. The predicted octanol–water partition coefficient (Wildman–Crippen LogP) is 0.00230. The molecule has 1 unspecified atom stereocenters. The zero-order chi connectivity index (χ0) is 10.6. The van der Waals surface area contributed by atoms with Crippen LogP contribution < -0.4 is 5.32 Å². The van der Waals surface area contributed by atoms with Gasteiger partial charge in [0.15, 0.2) is 6.04 Å². The molecular formula is C9H15NO4. The van der Waals surface area contributed by atoms with E-state index in [1.807, 2.05) is 0 Å². The Morgan fingerprint density at radius 3 is 2.57 bits per heavy atom. The van der Waals surface area contributed by atoms with Gasteiger partial charge in [0.2, 0.25) is 5.91 Å². The summed E-state index contributed by atoms with van der Waals surface area (Å²) in [6.07, 6.45) is 2.79. The summed E-state index contributed by atoms with van der Waals surface area (Å²) >= 11 is 0. The summed E-state index contributed by atoms with van der Waals surface area (Å²) in [4.78, 5) is 22.0. The minimum atomic E-state index is -1.06. The summed E-state index contributed by atoms with van der Waals surface area (Å²) in [6, 6.07) is -0.923. The lowest BCUT2D eigenvalue weighted by Crippen LogP contribution is -2.47. The van der Waals surface area contributed by atoms with Crippen LogP contribution >= 0.6 is 0 Å². The molecule has 0 saturated heterocycles. The van der Waals surface area contributed by atoms with E-state index in [-0.39, 0.29) is 18.4 Å². The van der Waals surface area contributed by atoms with E-state index in [4.69, 9.17) is 9.84 Å². The first kappa shape index (κ1) is 11.0. The molecule has 0 bridgehead atoms. The molecule has 5 nitrogen and oxygen atoms in total. The van der Waals surface area contributed by atoms with Crippen LogP contribution in [-0.2, 0) is 14.3 Å². The number of nitrogens with one attached hydrogen (secondary N) is 1. The standard InChI is InChI=1S/C9H15NO4/c1-14-5-7(9(12)13)10-8(11)6-3-2-4-6/h6-7H,2-5H2,1H3,(H,10,11)(H,12,13). The van der Waals surface area contributed by atoms with Crippen molar-refractivity contribution in [3.05, 3.63) is 0 Å². The molecule has 80 valence electrons. The number of hydrogen-bond donors (Lipinski definition) is 2. The molecule has 0 aromatic heterocycles. The summed E-state index contributed by atoms with van der Waals surface area (Å²) in [5.74, 6) is -1.21. The van der Waals surface area contributed by atoms with Crippen LogP contribution in [0.1, 0.15) is 19.3 Å². The Balaban J connectivity index is 2.37. The Hall–Kier alpha value is -1.10. The highest BCUT2D eigenvalue weighted by atomic mass is 16.5. The molecule has 0 radical (unpaired) electrons. The van der Waals surface area contributed by atoms with Gasteiger partial charge < -0.3 is 15.2 Å². The lowest BCUT2D eigenvalue weighted by Gasteiger charge is -2.25. The molecule has 1 fully saturated rings. The van der Waals surface area contributed by atoms with Gasteiger partial charge in [-0.3, -0.25) is 4.79 Å². The molecule has 1 saturated carbocycles. The normalized spacial score (nSPS) is 18.4. The van der Waals surface area contributed by atoms with Gasteiger partial charge >= 0.3 is 5.97 Å². The van der Waals surface area contributed by atoms with Crippen molar-refractivity contribution in [1.82, 2.24) is 5.32 Å². The second-order valence-electron chi connectivity index (χ2n) is 3.48. The van der Waals surface area contributed by atoms with E-state index >= 15 is 0 Å². The predicted molar refractivity (Wildman–Crippen MR) is 48.8 cm³/mol. The van der Waals surface area contributed by atoms with Crippen molar-refractivity contribution in [2.75, 3.05) is 13.7 Å². The SMILES string of the molecule is COCC(NC(=O)C1CCC1)C(=O)O. The molecule has 0 aromatic carbocycles. The molecule has 0 aromatic rings. The number of amides is 1. The molecule has 14 heavy (non-hydrogen) atoms. The fraction of sp³-hybridized carbons (Fsp3) is 0.778. The number of hydrogen-bond acceptors (Lipinski definition) is 3. The van der Waals surface area contributed by atoms with Crippen molar-refractivity contribution in [3.8, 4) is 0 Å². The van der Waals surface area contributed by atoms with Gasteiger partial charge in [-0.05, 0) is 12.8 Å². The molecule has 1 amide bonds. The summed E-state index contributed by atoms with van der Waals surface area (Å²) in [7, 11) is 1.41. The van der Waals surface area contributed by atoms with Crippen molar-refractivity contribution >= 4 is 11.9 Å². The van der Waals surface area contributed by atoms with Gasteiger partial charge in [0.25, 0.3) is 0 Å². The van der Waals surface area contributed by atoms with Crippen molar-refractivity contribution < 1.29 is 19.4 Å². The molecule has 1 aliphatic rings. The minimum Gasteiger partial charge on any atom is -0.480 e. The van der Waals surface area contributed by atoms with E-state index in [0.717, 1.165) is 19.3 Å². The lowest BCUT2D eigenvalue weighted by atomic mass is 9.84. The number of carbonyl (C=O) groups is 2. The number of carboxylic acid groups (broad SMARTS) is 1. The smallest absolute Gasteiger partial charge is 0.328 e. The maximum Gasteiger partial charge on any atom is 0.328 e. The molecular weight excluding hydrogens is 186 g/mol. The van der Waals surface area contributed by atoms with E-state index in [9.17, 15) is 9.59 Å². The quantitative estimate of drug-likeness (QED) is 0.656. The zero-order valence-corrected chi connectivity index (χ0v) is 8.16. The van der Waals surface area contributed by atoms with Gasteiger partial charge in [-0.25, -0.2) is 4.79 Å². The zero-order valence-electron chi connectivity index (χ0n) is 8.16. The molecule has 1 rings (SSSR count). The Labute approximate surface area is 82.4 Å². The Morgan fingerprint density at radius 2 is 2.21 bits per heavy atom. The van der Waals surface area contributed by atoms with Gasteiger partial charge in [0, 0.05) is 13.0 Å². The third-order valence-corrected chi connectivity index (χ3v) is 2.42. The summed E-state index contributed by atoms with van der Waals surface area (Å²) < 4.78 is 4.70. The Bertz CT molecular complexity index is 225. The largest absolute Gasteiger partial charge is 0.480 e. The highest BCUT2D eigenvalue weighted by Crippen LogP contribution is 2.26. The fourth-order valence-electron chi connectivity index (χ4n) is 1.30. The molecule has 0 heterocycles. The number of rotatable bonds is 5. The number of carboxylic acids is 1. The van der Waals surface area contributed by atoms with E-state index in [0.29, 0.717) is 0 Å². The molecule has 2 N–H and O–H groups in total. The third kappa shape index (κ3) is 2.70. The minimum absolute atomic E-state index is 0.00773. The van der Waals surface area contributed by atoms with Crippen molar-refractivity contribution in [2.24, 2.45) is 5.92 Å². The second kappa shape index (κ2) is 4.95. The Kier molecular flexibility index (Phi) is 3.88. The number of methoxy groups -OCH3 is 1. The first-order valence-corrected chi connectivity index (χ1v) is 4.67. The van der Waals surface area contributed by atoms with Crippen LogP contribution in [0.25, 0.3) is 0 Å².